The second kappa shape index (κ2) is 6.98. The van der Waals surface area contributed by atoms with Crippen LogP contribution in [0, 0.1) is 0 Å². The summed E-state index contributed by atoms with van der Waals surface area (Å²) in [4.78, 5) is 0. The fraction of sp³-hybridized carbons (Fsp3) is 0. The molecule has 0 saturated carbocycles. The molecule has 1 aromatic heterocycles. The molecule has 0 N–H and O–H groups in total. The van der Waals surface area contributed by atoms with Crippen molar-refractivity contribution >= 4 is 53.9 Å². The second-order valence-corrected chi connectivity index (χ2v) is 9.05. The Balaban J connectivity index is 1.64. The number of fused-ring (bicyclic) bond motifs is 4. The van der Waals surface area contributed by atoms with E-state index in [2.05, 4.69) is 91.0 Å². The highest BCUT2D eigenvalue weighted by atomic mass is 35.5. The lowest BCUT2D eigenvalue weighted by Gasteiger charge is -2.13. The zero-order chi connectivity index (χ0) is 20.1. The summed E-state index contributed by atoms with van der Waals surface area (Å²) in [6, 6.07) is 36.8. The second-order valence-electron chi connectivity index (χ2n) is 7.53. The summed E-state index contributed by atoms with van der Waals surface area (Å²) >= 11 is 8.00. The summed E-state index contributed by atoms with van der Waals surface area (Å²) in [6.45, 7) is 0. The number of benzene rings is 5. The number of hydrogen-bond donors (Lipinski definition) is 0. The number of halogens is 1. The smallest absolute Gasteiger partial charge is 0.0406 e. The van der Waals surface area contributed by atoms with Crippen LogP contribution in [-0.4, -0.2) is 0 Å². The third kappa shape index (κ3) is 2.82. The van der Waals surface area contributed by atoms with Gasteiger partial charge >= 0.3 is 0 Å². The van der Waals surface area contributed by atoms with E-state index >= 15 is 0 Å². The lowest BCUT2D eigenvalue weighted by molar-refractivity contribution is 1.64. The van der Waals surface area contributed by atoms with Crippen molar-refractivity contribution < 1.29 is 0 Å². The van der Waals surface area contributed by atoms with Crippen LogP contribution in [0.15, 0.2) is 103 Å². The van der Waals surface area contributed by atoms with Crippen molar-refractivity contribution in [1.29, 1.82) is 0 Å². The maximum atomic E-state index is 6.14. The quantitative estimate of drug-likeness (QED) is 0.262. The highest BCUT2D eigenvalue weighted by Crippen LogP contribution is 2.40. The van der Waals surface area contributed by atoms with E-state index < -0.39 is 0 Å². The Morgan fingerprint density at radius 1 is 0.533 bits per heavy atom. The highest BCUT2D eigenvalue weighted by molar-refractivity contribution is 7.25. The van der Waals surface area contributed by atoms with Gasteiger partial charge in [-0.25, -0.2) is 0 Å². The molecule has 0 unspecified atom stereocenters. The molecule has 1 heterocycles. The van der Waals surface area contributed by atoms with Gasteiger partial charge < -0.3 is 0 Å². The minimum Gasteiger partial charge on any atom is -0.135 e. The average Bonchev–Trinajstić information content (AvgIpc) is 3.17. The highest BCUT2D eigenvalue weighted by Gasteiger charge is 2.12. The molecule has 30 heavy (non-hydrogen) atoms. The first-order valence-electron chi connectivity index (χ1n) is 9.97. The first-order chi connectivity index (χ1) is 14.8. The van der Waals surface area contributed by atoms with Gasteiger partial charge in [0.25, 0.3) is 0 Å². The van der Waals surface area contributed by atoms with Crippen molar-refractivity contribution in [3.8, 4) is 22.3 Å². The van der Waals surface area contributed by atoms with E-state index in [0.717, 1.165) is 5.02 Å². The number of thiophene rings is 1. The minimum absolute atomic E-state index is 0.758. The number of hydrogen-bond acceptors (Lipinski definition) is 1. The predicted molar refractivity (Wildman–Crippen MR) is 133 cm³/mol. The van der Waals surface area contributed by atoms with Crippen molar-refractivity contribution in [2.75, 3.05) is 0 Å². The molecule has 0 spiro atoms. The van der Waals surface area contributed by atoms with E-state index in [9.17, 15) is 0 Å². The molecular weight excluding hydrogens is 404 g/mol. The van der Waals surface area contributed by atoms with Gasteiger partial charge in [0.05, 0.1) is 0 Å². The van der Waals surface area contributed by atoms with Crippen molar-refractivity contribution in [2.45, 2.75) is 0 Å². The van der Waals surface area contributed by atoms with Gasteiger partial charge in [0.15, 0.2) is 0 Å². The van der Waals surface area contributed by atoms with Crippen LogP contribution in [0.25, 0.3) is 53.2 Å². The normalized spacial score (nSPS) is 11.5. The van der Waals surface area contributed by atoms with Gasteiger partial charge in [-0.15, -0.1) is 11.3 Å². The average molecular weight is 421 g/mol. The molecule has 2 heteroatoms. The first kappa shape index (κ1) is 17.7. The van der Waals surface area contributed by atoms with E-state index in [1.165, 1.54) is 53.2 Å². The van der Waals surface area contributed by atoms with Crippen molar-refractivity contribution in [3.05, 3.63) is 108 Å². The van der Waals surface area contributed by atoms with E-state index in [1.807, 2.05) is 23.5 Å². The van der Waals surface area contributed by atoms with E-state index in [-0.39, 0.29) is 0 Å². The van der Waals surface area contributed by atoms with E-state index in [1.54, 1.807) is 0 Å². The van der Waals surface area contributed by atoms with Crippen molar-refractivity contribution in [3.63, 3.8) is 0 Å². The third-order valence-corrected chi connectivity index (χ3v) is 7.15. The molecule has 0 nitrogen and oxygen atoms in total. The van der Waals surface area contributed by atoms with Crippen LogP contribution < -0.4 is 0 Å². The van der Waals surface area contributed by atoms with Gasteiger partial charge in [-0.2, -0.15) is 0 Å². The van der Waals surface area contributed by atoms with Crippen LogP contribution in [-0.2, 0) is 0 Å². The molecule has 5 aromatic carbocycles. The molecule has 0 aliphatic heterocycles. The maximum Gasteiger partial charge on any atom is 0.0406 e. The summed E-state index contributed by atoms with van der Waals surface area (Å²) in [5.41, 5.74) is 4.92. The molecule has 0 radical (unpaired) electrons. The van der Waals surface area contributed by atoms with Gasteiger partial charge in [-0.3, -0.25) is 0 Å². The lowest BCUT2D eigenvalue weighted by Crippen LogP contribution is -1.86. The molecule has 0 amide bonds. The topological polar surface area (TPSA) is 0 Å². The van der Waals surface area contributed by atoms with E-state index in [4.69, 9.17) is 11.6 Å². The fourth-order valence-corrected chi connectivity index (χ4v) is 5.56. The summed E-state index contributed by atoms with van der Waals surface area (Å²) < 4.78 is 2.67. The first-order valence-corrected chi connectivity index (χ1v) is 11.2. The Kier molecular flexibility index (Phi) is 4.12. The molecule has 142 valence electrons. The summed E-state index contributed by atoms with van der Waals surface area (Å²) in [5, 5.41) is 5.94. The van der Waals surface area contributed by atoms with Crippen LogP contribution in [0.1, 0.15) is 0 Å². The maximum absolute atomic E-state index is 6.14. The van der Waals surface area contributed by atoms with Crippen molar-refractivity contribution in [2.24, 2.45) is 0 Å². The van der Waals surface area contributed by atoms with Gasteiger partial charge in [-0.1, -0.05) is 84.4 Å². The third-order valence-electron chi connectivity index (χ3n) is 5.75. The Morgan fingerprint density at radius 3 is 2.00 bits per heavy atom. The Hall–Kier alpha value is -3.13. The Bertz CT molecular complexity index is 1540. The summed E-state index contributed by atoms with van der Waals surface area (Å²) in [6.07, 6.45) is 0. The Labute approximate surface area is 184 Å². The van der Waals surface area contributed by atoms with Gasteiger partial charge in [0.2, 0.25) is 0 Å². The van der Waals surface area contributed by atoms with Crippen LogP contribution in [0.2, 0.25) is 5.02 Å². The zero-order valence-corrected chi connectivity index (χ0v) is 17.7. The molecule has 0 fully saturated rings. The van der Waals surface area contributed by atoms with Crippen LogP contribution >= 0.6 is 22.9 Å². The fourth-order valence-electron chi connectivity index (χ4n) is 4.35. The molecular formula is C28H17ClS. The Morgan fingerprint density at radius 2 is 1.20 bits per heavy atom. The largest absolute Gasteiger partial charge is 0.135 e. The SMILES string of the molecule is Clc1ccc(-c2cccc3cccc(-c4ccc5sc6ccccc6c5c4)c23)cc1. The van der Waals surface area contributed by atoms with Crippen molar-refractivity contribution in [1.82, 2.24) is 0 Å². The molecule has 6 aromatic rings. The minimum atomic E-state index is 0.758. The molecule has 0 bridgehead atoms. The lowest BCUT2D eigenvalue weighted by atomic mass is 9.91. The molecule has 0 saturated heterocycles. The number of rotatable bonds is 2. The zero-order valence-electron chi connectivity index (χ0n) is 16.1. The molecule has 0 atom stereocenters. The van der Waals surface area contributed by atoms with Gasteiger partial charge in [0, 0.05) is 25.2 Å². The van der Waals surface area contributed by atoms with E-state index in [0.29, 0.717) is 0 Å². The molecule has 0 aliphatic rings. The molecule has 0 aliphatic carbocycles. The summed E-state index contributed by atoms with van der Waals surface area (Å²) in [7, 11) is 0. The standard InChI is InChI=1S/C28H17ClS/c29-21-14-11-18(12-15-21)22-8-3-5-19-6-4-9-23(28(19)22)20-13-16-27-25(17-20)24-7-1-2-10-26(24)30-27/h1-17H. The monoisotopic (exact) mass is 420 g/mol. The van der Waals surface area contributed by atoms with Crippen LogP contribution in [0.5, 0.6) is 0 Å². The van der Waals surface area contributed by atoms with Gasteiger partial charge in [0.1, 0.15) is 0 Å². The predicted octanol–water partition coefficient (Wildman–Crippen LogP) is 9.20. The van der Waals surface area contributed by atoms with Crippen LogP contribution in [0.3, 0.4) is 0 Å². The summed E-state index contributed by atoms with van der Waals surface area (Å²) in [5.74, 6) is 0. The van der Waals surface area contributed by atoms with Gasteiger partial charge in [-0.05, 0) is 63.4 Å². The van der Waals surface area contributed by atoms with Crippen LogP contribution in [0.4, 0.5) is 0 Å². The molecule has 6 rings (SSSR count).